The van der Waals surface area contributed by atoms with Crippen LogP contribution >= 0.6 is 0 Å². The number of esters is 2. The van der Waals surface area contributed by atoms with Gasteiger partial charge in [0.1, 0.15) is 0 Å². The summed E-state index contributed by atoms with van der Waals surface area (Å²) in [6.07, 6.45) is 0.0544. The van der Waals surface area contributed by atoms with Gasteiger partial charge in [0.15, 0.2) is 0 Å². The topological polar surface area (TPSA) is 43.4 Å². The van der Waals surface area contributed by atoms with E-state index >= 15 is 0 Å². The zero-order valence-corrected chi connectivity index (χ0v) is 8.53. The first-order valence-corrected chi connectivity index (χ1v) is 2.13. The van der Waals surface area contributed by atoms with E-state index in [1.54, 1.807) is 0 Å². The van der Waals surface area contributed by atoms with Gasteiger partial charge in [-0.15, -0.1) is 0 Å². The Morgan fingerprint density at radius 2 is 2.00 bits per heavy atom. The molecule has 0 bridgehead atoms. The van der Waals surface area contributed by atoms with Gasteiger partial charge in [0.05, 0.1) is 6.42 Å². The summed E-state index contributed by atoms with van der Waals surface area (Å²) in [6, 6.07) is 0. The number of hydrogen-bond donors (Lipinski definition) is 0. The molecule has 0 N–H and O–H groups in total. The molecule has 1 rings (SSSR count). The van der Waals surface area contributed by atoms with Gasteiger partial charge in [-0.1, -0.05) is 6.58 Å². The standard InChI is InChI=1S/C5H4O3.Pb/c1-3-2-4(6)8-5(3)7;/h1-2H2;. The van der Waals surface area contributed by atoms with Gasteiger partial charge in [-0.05, 0) is 0 Å². The number of carbonyl (C=O) groups is 2. The first kappa shape index (κ1) is 8.80. The Morgan fingerprint density at radius 1 is 1.44 bits per heavy atom. The molecule has 4 radical (unpaired) electrons. The van der Waals surface area contributed by atoms with E-state index in [2.05, 4.69) is 11.3 Å². The summed E-state index contributed by atoms with van der Waals surface area (Å²) >= 11 is 0. The summed E-state index contributed by atoms with van der Waals surface area (Å²) in [5.74, 6) is -1.09. The fraction of sp³-hybridized carbons (Fsp3) is 0.200. The van der Waals surface area contributed by atoms with E-state index in [1.807, 2.05) is 0 Å². The van der Waals surface area contributed by atoms with E-state index in [9.17, 15) is 9.59 Å². The van der Waals surface area contributed by atoms with Crippen LogP contribution in [0.2, 0.25) is 0 Å². The average molecular weight is 319 g/mol. The molecule has 1 aliphatic rings. The molecule has 3 nitrogen and oxygen atoms in total. The van der Waals surface area contributed by atoms with Gasteiger partial charge in [-0.2, -0.15) is 0 Å². The molecule has 9 heavy (non-hydrogen) atoms. The summed E-state index contributed by atoms with van der Waals surface area (Å²) in [4.78, 5) is 20.4. The molecule has 0 atom stereocenters. The van der Waals surface area contributed by atoms with E-state index in [-0.39, 0.29) is 39.3 Å². The number of ether oxygens (including phenoxy) is 1. The second kappa shape index (κ2) is 3.09. The van der Waals surface area contributed by atoms with Gasteiger partial charge >= 0.3 is 11.9 Å². The Kier molecular flexibility index (Phi) is 3.03. The first-order chi connectivity index (χ1) is 3.70. The third kappa shape index (κ3) is 1.89. The van der Waals surface area contributed by atoms with E-state index in [0.717, 1.165) is 0 Å². The van der Waals surface area contributed by atoms with E-state index < -0.39 is 11.9 Å². The summed E-state index contributed by atoms with van der Waals surface area (Å²) in [5, 5.41) is 0. The average Bonchev–Trinajstić information content (AvgIpc) is 1.85. The van der Waals surface area contributed by atoms with Gasteiger partial charge in [-0.25, -0.2) is 4.79 Å². The molecule has 0 aromatic rings. The number of rotatable bonds is 0. The predicted octanol–water partition coefficient (Wildman–Crippen LogP) is -0.365. The number of carbonyl (C=O) groups excluding carboxylic acids is 2. The van der Waals surface area contributed by atoms with Crippen LogP contribution in [0.25, 0.3) is 0 Å². The van der Waals surface area contributed by atoms with Gasteiger partial charge in [0.25, 0.3) is 0 Å². The maximum absolute atomic E-state index is 10.2. The summed E-state index contributed by atoms with van der Waals surface area (Å²) in [6.45, 7) is 3.29. The molecule has 0 saturated carbocycles. The molecule has 46 valence electrons. The molecule has 0 aliphatic carbocycles. The predicted molar refractivity (Wildman–Crippen MR) is 30.6 cm³/mol. The molecule has 1 fully saturated rings. The Labute approximate surface area is 72.2 Å². The molecule has 0 unspecified atom stereocenters. The molecule has 1 saturated heterocycles. The third-order valence-electron chi connectivity index (χ3n) is 0.853. The second-order valence-electron chi connectivity index (χ2n) is 1.54. The molecule has 1 aliphatic heterocycles. The minimum atomic E-state index is -0.588. The molecule has 0 amide bonds. The van der Waals surface area contributed by atoms with Crippen molar-refractivity contribution in [2.75, 3.05) is 0 Å². The smallest absolute Gasteiger partial charge is 0.341 e. The Hall–Kier alpha value is -0.198. The minimum absolute atomic E-state index is 0. The SMILES string of the molecule is C=C1CC(=O)OC1=O.[Pb]. The van der Waals surface area contributed by atoms with E-state index in [0.29, 0.717) is 0 Å². The normalized spacial score (nSPS) is 17.1. The fourth-order valence-corrected chi connectivity index (χ4v) is 0.458. The zero-order chi connectivity index (χ0) is 6.15. The third-order valence-corrected chi connectivity index (χ3v) is 0.853. The van der Waals surface area contributed by atoms with Crippen molar-refractivity contribution >= 4 is 39.2 Å². The summed E-state index contributed by atoms with van der Waals surface area (Å²) in [7, 11) is 0. The fourth-order valence-electron chi connectivity index (χ4n) is 0.458. The second-order valence-corrected chi connectivity index (χ2v) is 1.54. The van der Waals surface area contributed by atoms with Crippen LogP contribution in [0.1, 0.15) is 6.42 Å². The van der Waals surface area contributed by atoms with E-state index in [1.165, 1.54) is 0 Å². The van der Waals surface area contributed by atoms with Crippen LogP contribution in [0.3, 0.4) is 0 Å². The van der Waals surface area contributed by atoms with Crippen LogP contribution in [0.4, 0.5) is 0 Å². The van der Waals surface area contributed by atoms with Crippen LogP contribution in [0.5, 0.6) is 0 Å². The van der Waals surface area contributed by atoms with Crippen LogP contribution in [-0.2, 0) is 14.3 Å². The first-order valence-electron chi connectivity index (χ1n) is 2.13. The molecule has 1 heterocycles. The van der Waals surface area contributed by atoms with Crippen molar-refractivity contribution in [3.63, 3.8) is 0 Å². The Morgan fingerprint density at radius 3 is 2.11 bits per heavy atom. The molecular weight excluding hydrogens is 315 g/mol. The maximum atomic E-state index is 10.2. The van der Waals surface area contributed by atoms with Gasteiger partial charge in [0, 0.05) is 32.9 Å². The van der Waals surface area contributed by atoms with Gasteiger partial charge < -0.3 is 4.74 Å². The van der Waals surface area contributed by atoms with Gasteiger partial charge in [-0.3, -0.25) is 4.79 Å². The van der Waals surface area contributed by atoms with Crippen molar-refractivity contribution < 1.29 is 14.3 Å². The van der Waals surface area contributed by atoms with Crippen molar-refractivity contribution in [2.24, 2.45) is 0 Å². The monoisotopic (exact) mass is 320 g/mol. The van der Waals surface area contributed by atoms with Crippen LogP contribution in [-0.4, -0.2) is 39.2 Å². The number of hydrogen-bond acceptors (Lipinski definition) is 3. The van der Waals surface area contributed by atoms with Crippen molar-refractivity contribution in [1.29, 1.82) is 0 Å². The molecule has 0 aromatic carbocycles. The Balaban J connectivity index is 0.000000640. The van der Waals surface area contributed by atoms with Crippen molar-refractivity contribution in [1.82, 2.24) is 0 Å². The van der Waals surface area contributed by atoms with Gasteiger partial charge in [0.2, 0.25) is 0 Å². The van der Waals surface area contributed by atoms with E-state index in [4.69, 9.17) is 0 Å². The summed E-state index contributed by atoms with van der Waals surface area (Å²) in [5.41, 5.74) is 0.245. The minimum Gasteiger partial charge on any atom is -0.389 e. The van der Waals surface area contributed by atoms with Crippen molar-refractivity contribution in [2.45, 2.75) is 6.42 Å². The Bertz CT molecular complexity index is 155. The molecule has 0 aromatic heterocycles. The van der Waals surface area contributed by atoms with Crippen molar-refractivity contribution in [3.05, 3.63) is 12.2 Å². The zero-order valence-electron chi connectivity index (χ0n) is 4.64. The maximum Gasteiger partial charge on any atom is 0.341 e. The largest absolute Gasteiger partial charge is 0.389 e. The van der Waals surface area contributed by atoms with Crippen LogP contribution < -0.4 is 0 Å². The number of cyclic esters (lactones) is 2. The molecule has 0 spiro atoms. The quantitative estimate of drug-likeness (QED) is 0.265. The van der Waals surface area contributed by atoms with Crippen molar-refractivity contribution in [3.8, 4) is 0 Å². The molecule has 4 heteroatoms. The van der Waals surface area contributed by atoms with Crippen LogP contribution in [0.15, 0.2) is 12.2 Å². The summed E-state index contributed by atoms with van der Waals surface area (Å²) < 4.78 is 4.10. The molecular formula is C5H4O3Pb. The van der Waals surface area contributed by atoms with Crippen LogP contribution in [0, 0.1) is 0 Å².